The minimum Gasteiger partial charge on any atom is -0.462 e. The lowest BCUT2D eigenvalue weighted by molar-refractivity contribution is -0.157. The van der Waals surface area contributed by atoms with Gasteiger partial charge < -0.3 is 4.74 Å². The quantitative estimate of drug-likeness (QED) is 0.342. The van der Waals surface area contributed by atoms with Gasteiger partial charge in [0, 0.05) is 0 Å². The van der Waals surface area contributed by atoms with E-state index in [-0.39, 0.29) is 18.0 Å². The fourth-order valence-electron chi connectivity index (χ4n) is 2.82. The van der Waals surface area contributed by atoms with Gasteiger partial charge in [-0.05, 0) is 32.1 Å². The SMILES string of the molecule is CCCCCCCCCC(CCC)OC(=O)C1CCC1. The Balaban J connectivity index is 2.07. The molecule has 2 heteroatoms. The predicted octanol–water partition coefficient (Wildman–Crippen LogP) is 5.64. The molecule has 0 bridgehead atoms. The zero-order valence-corrected chi connectivity index (χ0v) is 13.7. The topological polar surface area (TPSA) is 26.3 Å². The first-order chi connectivity index (χ1) is 9.77. The van der Waals surface area contributed by atoms with Crippen LogP contribution in [0.15, 0.2) is 0 Å². The number of esters is 1. The van der Waals surface area contributed by atoms with E-state index in [0.29, 0.717) is 0 Å². The van der Waals surface area contributed by atoms with Crippen LogP contribution in [0.25, 0.3) is 0 Å². The number of hydrogen-bond donors (Lipinski definition) is 0. The molecule has 20 heavy (non-hydrogen) atoms. The molecule has 1 atom stereocenters. The lowest BCUT2D eigenvalue weighted by atomic mass is 9.85. The van der Waals surface area contributed by atoms with Crippen molar-refractivity contribution in [3.05, 3.63) is 0 Å². The Kier molecular flexibility index (Phi) is 9.78. The van der Waals surface area contributed by atoms with E-state index in [9.17, 15) is 4.79 Å². The van der Waals surface area contributed by atoms with Crippen molar-refractivity contribution in [2.24, 2.45) is 5.92 Å². The van der Waals surface area contributed by atoms with Crippen LogP contribution in [0.5, 0.6) is 0 Å². The third-order valence-electron chi connectivity index (χ3n) is 4.46. The van der Waals surface area contributed by atoms with Crippen LogP contribution in [0.3, 0.4) is 0 Å². The summed E-state index contributed by atoms with van der Waals surface area (Å²) in [5.41, 5.74) is 0. The molecule has 2 nitrogen and oxygen atoms in total. The molecule has 0 N–H and O–H groups in total. The summed E-state index contributed by atoms with van der Waals surface area (Å²) in [5, 5.41) is 0. The van der Waals surface area contributed by atoms with Crippen LogP contribution in [0.4, 0.5) is 0 Å². The van der Waals surface area contributed by atoms with Crippen molar-refractivity contribution in [3.63, 3.8) is 0 Å². The molecule has 0 radical (unpaired) electrons. The number of carbonyl (C=O) groups is 1. The van der Waals surface area contributed by atoms with E-state index in [4.69, 9.17) is 4.74 Å². The molecule has 0 aliphatic heterocycles. The van der Waals surface area contributed by atoms with Crippen molar-refractivity contribution in [3.8, 4) is 0 Å². The number of hydrogen-bond acceptors (Lipinski definition) is 2. The number of carbonyl (C=O) groups excluding carboxylic acids is 1. The molecule has 1 saturated carbocycles. The predicted molar refractivity (Wildman–Crippen MR) is 84.7 cm³/mol. The number of unbranched alkanes of at least 4 members (excludes halogenated alkanes) is 6. The Labute approximate surface area is 125 Å². The first-order valence-corrected chi connectivity index (χ1v) is 8.98. The molecular formula is C18H34O2. The minimum atomic E-state index is 0.0812. The van der Waals surface area contributed by atoms with E-state index in [1.54, 1.807) is 0 Å². The van der Waals surface area contributed by atoms with Crippen molar-refractivity contribution in [1.82, 2.24) is 0 Å². The Morgan fingerprint density at radius 2 is 1.60 bits per heavy atom. The molecule has 0 aromatic heterocycles. The smallest absolute Gasteiger partial charge is 0.309 e. The van der Waals surface area contributed by atoms with Crippen molar-refractivity contribution in [2.45, 2.75) is 103 Å². The van der Waals surface area contributed by atoms with Gasteiger partial charge in [-0.15, -0.1) is 0 Å². The molecule has 0 saturated heterocycles. The second-order valence-electron chi connectivity index (χ2n) is 6.39. The van der Waals surface area contributed by atoms with Gasteiger partial charge in [-0.2, -0.15) is 0 Å². The van der Waals surface area contributed by atoms with Crippen molar-refractivity contribution >= 4 is 5.97 Å². The lowest BCUT2D eigenvalue weighted by Gasteiger charge is -2.26. The Bertz CT molecular complexity index is 246. The second kappa shape index (κ2) is 11.2. The van der Waals surface area contributed by atoms with E-state index >= 15 is 0 Å². The van der Waals surface area contributed by atoms with Crippen molar-refractivity contribution < 1.29 is 9.53 Å². The van der Waals surface area contributed by atoms with Crippen LogP contribution in [0, 0.1) is 5.92 Å². The monoisotopic (exact) mass is 282 g/mol. The summed E-state index contributed by atoms with van der Waals surface area (Å²) < 4.78 is 5.70. The Hall–Kier alpha value is -0.530. The van der Waals surface area contributed by atoms with Crippen LogP contribution >= 0.6 is 0 Å². The zero-order valence-electron chi connectivity index (χ0n) is 13.7. The Morgan fingerprint density at radius 3 is 2.15 bits per heavy atom. The van der Waals surface area contributed by atoms with Gasteiger partial charge in [0.1, 0.15) is 6.10 Å². The average molecular weight is 282 g/mol. The third-order valence-corrected chi connectivity index (χ3v) is 4.46. The maximum absolute atomic E-state index is 11.9. The molecule has 1 rings (SSSR count). The number of ether oxygens (including phenoxy) is 1. The summed E-state index contributed by atoms with van der Waals surface area (Å²) in [6.45, 7) is 4.43. The van der Waals surface area contributed by atoms with Gasteiger partial charge in [0.2, 0.25) is 0 Å². The molecular weight excluding hydrogens is 248 g/mol. The van der Waals surface area contributed by atoms with Gasteiger partial charge in [0.25, 0.3) is 0 Å². The van der Waals surface area contributed by atoms with Gasteiger partial charge in [0.15, 0.2) is 0 Å². The first kappa shape index (κ1) is 17.5. The largest absolute Gasteiger partial charge is 0.462 e. The van der Waals surface area contributed by atoms with Crippen molar-refractivity contribution in [2.75, 3.05) is 0 Å². The highest BCUT2D eigenvalue weighted by Crippen LogP contribution is 2.28. The fourth-order valence-corrected chi connectivity index (χ4v) is 2.82. The maximum atomic E-state index is 11.9. The highest BCUT2D eigenvalue weighted by Gasteiger charge is 2.28. The van der Waals surface area contributed by atoms with Crippen LogP contribution in [0.2, 0.25) is 0 Å². The Morgan fingerprint density at radius 1 is 0.950 bits per heavy atom. The van der Waals surface area contributed by atoms with E-state index in [1.165, 1.54) is 51.4 Å². The molecule has 0 amide bonds. The molecule has 1 fully saturated rings. The van der Waals surface area contributed by atoms with Gasteiger partial charge in [-0.3, -0.25) is 4.79 Å². The summed E-state index contributed by atoms with van der Waals surface area (Å²) in [4.78, 5) is 11.9. The van der Waals surface area contributed by atoms with Gasteiger partial charge >= 0.3 is 5.97 Å². The van der Waals surface area contributed by atoms with Gasteiger partial charge in [-0.1, -0.05) is 65.2 Å². The first-order valence-electron chi connectivity index (χ1n) is 8.98. The second-order valence-corrected chi connectivity index (χ2v) is 6.39. The highest BCUT2D eigenvalue weighted by atomic mass is 16.5. The van der Waals surface area contributed by atoms with Crippen LogP contribution in [-0.2, 0) is 9.53 Å². The summed E-state index contributed by atoms with van der Waals surface area (Å²) in [7, 11) is 0. The van der Waals surface area contributed by atoms with Gasteiger partial charge in [-0.25, -0.2) is 0 Å². The van der Waals surface area contributed by atoms with Crippen LogP contribution < -0.4 is 0 Å². The lowest BCUT2D eigenvalue weighted by Crippen LogP contribution is -2.28. The summed E-state index contributed by atoms with van der Waals surface area (Å²) in [5.74, 6) is 0.307. The summed E-state index contributed by atoms with van der Waals surface area (Å²) in [6, 6.07) is 0. The molecule has 0 aromatic carbocycles. The maximum Gasteiger partial charge on any atom is 0.309 e. The average Bonchev–Trinajstić information content (AvgIpc) is 2.35. The minimum absolute atomic E-state index is 0.0812. The summed E-state index contributed by atoms with van der Waals surface area (Å²) in [6.07, 6.45) is 16.0. The zero-order chi connectivity index (χ0) is 14.6. The van der Waals surface area contributed by atoms with Crippen molar-refractivity contribution in [1.29, 1.82) is 0 Å². The molecule has 1 aliphatic carbocycles. The molecule has 1 unspecified atom stereocenters. The van der Waals surface area contributed by atoms with Crippen LogP contribution in [-0.4, -0.2) is 12.1 Å². The van der Waals surface area contributed by atoms with Gasteiger partial charge in [0.05, 0.1) is 5.92 Å². The van der Waals surface area contributed by atoms with E-state index in [0.717, 1.165) is 32.1 Å². The molecule has 118 valence electrons. The fraction of sp³-hybridized carbons (Fsp3) is 0.944. The molecule has 0 spiro atoms. The molecule has 0 aromatic rings. The number of rotatable bonds is 12. The third kappa shape index (κ3) is 7.31. The van der Waals surface area contributed by atoms with E-state index < -0.39 is 0 Å². The highest BCUT2D eigenvalue weighted by molar-refractivity contribution is 5.73. The standard InChI is InChI=1S/C18H34O2/c1-3-5-6-7-8-9-10-15-17(12-4-2)20-18(19)16-13-11-14-16/h16-17H,3-15H2,1-2H3. The van der Waals surface area contributed by atoms with Crippen LogP contribution in [0.1, 0.15) is 97.3 Å². The normalized spacial score (nSPS) is 16.7. The molecule has 1 aliphatic rings. The molecule has 0 heterocycles. The van der Waals surface area contributed by atoms with E-state index in [2.05, 4.69) is 13.8 Å². The summed E-state index contributed by atoms with van der Waals surface area (Å²) >= 11 is 0. The van der Waals surface area contributed by atoms with E-state index in [1.807, 2.05) is 0 Å².